The number of β-lactam (4-membered cyclic amide) rings is 1. The number of amides is 2. The number of nitrogens with zero attached hydrogens (tertiary/aromatic N) is 1. The van der Waals surface area contributed by atoms with Crippen LogP contribution in [0.5, 0.6) is 0 Å². The second-order valence-electron chi connectivity index (χ2n) is 6.68. The number of carboxylic acid groups (broad SMARTS) is 1. The van der Waals surface area contributed by atoms with E-state index in [9.17, 15) is 27.9 Å². The van der Waals surface area contributed by atoms with Crippen LogP contribution < -0.4 is 5.32 Å². The van der Waals surface area contributed by atoms with Gasteiger partial charge in [-0.15, -0.1) is 0 Å². The van der Waals surface area contributed by atoms with Crippen LogP contribution in [0.3, 0.4) is 0 Å². The van der Waals surface area contributed by atoms with Crippen LogP contribution in [0, 0.1) is 0 Å². The van der Waals surface area contributed by atoms with Crippen LogP contribution in [0.4, 0.5) is 4.79 Å². The van der Waals surface area contributed by atoms with Crippen molar-refractivity contribution in [3.8, 4) is 0 Å². The number of carboxylic acids is 1. The Bertz CT molecular complexity index is 881. The van der Waals surface area contributed by atoms with E-state index in [1.165, 1.54) is 13.8 Å². The first kappa shape index (κ1) is 18.2. The molecule has 2 heterocycles. The molecule has 10 heteroatoms. The molecule has 0 saturated carbocycles. The molecule has 2 aliphatic heterocycles. The van der Waals surface area contributed by atoms with Gasteiger partial charge in [0.1, 0.15) is 16.7 Å². The van der Waals surface area contributed by atoms with E-state index < -0.39 is 43.6 Å². The molecular weight excluding hydrogens is 364 g/mol. The number of ether oxygens (including phenoxy) is 1. The quantitative estimate of drug-likeness (QED) is 0.724. The summed E-state index contributed by atoms with van der Waals surface area (Å²) in [6.45, 7) is 2.23. The second kappa shape index (κ2) is 5.70. The highest BCUT2D eigenvalue weighted by atomic mass is 32.2. The number of sulfone groups is 1. The van der Waals surface area contributed by atoms with Crippen molar-refractivity contribution in [2.45, 2.75) is 42.7 Å². The lowest BCUT2D eigenvalue weighted by molar-refractivity contribution is -0.170. The molecular formula is C16H18N2O7S. The number of nitrogens with one attached hydrogen (secondary N) is 1. The SMILES string of the molecule is CC1(C)[C@](NC(=O)OCc2ccccc2)(C(=O)O)N2C(=O)C[C@H]2S1(=O)=O. The Labute approximate surface area is 149 Å². The summed E-state index contributed by atoms with van der Waals surface area (Å²) in [5.41, 5.74) is -1.76. The maximum Gasteiger partial charge on any atom is 0.409 e. The minimum Gasteiger partial charge on any atom is -0.478 e. The summed E-state index contributed by atoms with van der Waals surface area (Å²) in [5.74, 6) is -2.30. The Morgan fingerprint density at radius 3 is 2.46 bits per heavy atom. The number of rotatable bonds is 4. The number of benzene rings is 1. The maximum absolute atomic E-state index is 12.7. The van der Waals surface area contributed by atoms with Crippen molar-refractivity contribution in [2.75, 3.05) is 0 Å². The fraction of sp³-hybridized carbons (Fsp3) is 0.438. The topological polar surface area (TPSA) is 130 Å². The van der Waals surface area contributed by atoms with Crippen LogP contribution in [-0.2, 0) is 30.8 Å². The summed E-state index contributed by atoms with van der Waals surface area (Å²) < 4.78 is 28.4. The van der Waals surface area contributed by atoms with E-state index >= 15 is 0 Å². The van der Waals surface area contributed by atoms with Crippen LogP contribution in [-0.4, -0.2) is 52.2 Å². The van der Waals surface area contributed by atoms with Gasteiger partial charge in [0.2, 0.25) is 11.6 Å². The molecule has 2 atom stereocenters. The van der Waals surface area contributed by atoms with Crippen LogP contribution in [0.15, 0.2) is 30.3 Å². The molecule has 9 nitrogen and oxygen atoms in total. The Hall–Kier alpha value is -2.62. The van der Waals surface area contributed by atoms with Gasteiger partial charge in [-0.2, -0.15) is 0 Å². The van der Waals surface area contributed by atoms with E-state index in [4.69, 9.17) is 4.74 Å². The Morgan fingerprint density at radius 2 is 1.92 bits per heavy atom. The van der Waals surface area contributed by atoms with Gasteiger partial charge >= 0.3 is 12.1 Å². The summed E-state index contributed by atoms with van der Waals surface area (Å²) in [7, 11) is -4.01. The maximum atomic E-state index is 12.7. The summed E-state index contributed by atoms with van der Waals surface area (Å²) in [4.78, 5) is 37.0. The van der Waals surface area contributed by atoms with Crippen LogP contribution in [0.25, 0.3) is 0 Å². The molecule has 2 N–H and O–H groups in total. The van der Waals surface area contributed by atoms with E-state index in [2.05, 4.69) is 5.32 Å². The first-order chi connectivity index (χ1) is 12.1. The number of aliphatic carboxylic acids is 1. The fourth-order valence-corrected chi connectivity index (χ4v) is 5.65. The number of hydrogen-bond acceptors (Lipinski definition) is 6. The number of hydrogen-bond donors (Lipinski definition) is 2. The highest BCUT2D eigenvalue weighted by molar-refractivity contribution is 7.93. The number of alkyl carbamates (subject to hydrolysis) is 1. The van der Waals surface area contributed by atoms with Gasteiger partial charge < -0.3 is 9.84 Å². The smallest absolute Gasteiger partial charge is 0.409 e. The lowest BCUT2D eigenvalue weighted by atomic mass is 9.90. The van der Waals surface area contributed by atoms with Crippen molar-refractivity contribution in [3.63, 3.8) is 0 Å². The molecule has 0 unspecified atom stereocenters. The van der Waals surface area contributed by atoms with Gasteiger partial charge in [0.05, 0.1) is 6.42 Å². The summed E-state index contributed by atoms with van der Waals surface area (Å²) in [6, 6.07) is 8.68. The van der Waals surface area contributed by atoms with Gasteiger partial charge in [-0.3, -0.25) is 15.0 Å². The fourth-order valence-electron chi connectivity index (χ4n) is 3.41. The zero-order valence-electron chi connectivity index (χ0n) is 14.1. The van der Waals surface area contributed by atoms with E-state index in [0.29, 0.717) is 10.5 Å². The van der Waals surface area contributed by atoms with E-state index in [1.54, 1.807) is 30.3 Å². The number of fused-ring (bicyclic) bond motifs is 1. The molecule has 0 aliphatic carbocycles. The highest BCUT2D eigenvalue weighted by Gasteiger charge is 2.78. The minimum absolute atomic E-state index is 0.132. The predicted octanol–water partition coefficient (Wildman–Crippen LogP) is 0.459. The largest absolute Gasteiger partial charge is 0.478 e. The summed E-state index contributed by atoms with van der Waals surface area (Å²) in [6.07, 6.45) is -1.43. The monoisotopic (exact) mass is 382 g/mol. The van der Waals surface area contributed by atoms with Crippen LogP contribution in [0.1, 0.15) is 25.8 Å². The van der Waals surface area contributed by atoms with E-state index in [0.717, 1.165) is 0 Å². The van der Waals surface area contributed by atoms with Gasteiger partial charge in [0.15, 0.2) is 9.84 Å². The Morgan fingerprint density at radius 1 is 1.31 bits per heavy atom. The Balaban J connectivity index is 1.90. The molecule has 2 aliphatic rings. The molecule has 140 valence electrons. The van der Waals surface area contributed by atoms with E-state index in [1.807, 2.05) is 0 Å². The van der Waals surface area contributed by atoms with Gasteiger partial charge in [-0.1, -0.05) is 30.3 Å². The second-order valence-corrected chi connectivity index (χ2v) is 9.33. The first-order valence-electron chi connectivity index (χ1n) is 7.83. The normalized spacial score (nSPS) is 28.0. The Kier molecular flexibility index (Phi) is 3.98. The first-order valence-corrected chi connectivity index (χ1v) is 9.38. The van der Waals surface area contributed by atoms with Gasteiger partial charge in [-0.25, -0.2) is 18.0 Å². The van der Waals surface area contributed by atoms with Gasteiger partial charge in [-0.05, 0) is 19.4 Å². The zero-order chi connectivity index (χ0) is 19.3. The van der Waals surface area contributed by atoms with Gasteiger partial charge in [0, 0.05) is 0 Å². The molecule has 3 rings (SSSR count). The van der Waals surface area contributed by atoms with E-state index in [-0.39, 0.29) is 13.0 Å². The molecule has 2 saturated heterocycles. The van der Waals surface area contributed by atoms with Crippen molar-refractivity contribution in [1.82, 2.24) is 10.2 Å². The molecule has 0 bridgehead atoms. The molecule has 1 aromatic carbocycles. The zero-order valence-corrected chi connectivity index (χ0v) is 14.9. The summed E-state index contributed by atoms with van der Waals surface area (Å²) in [5, 5.41) is 10.6. The van der Waals surface area contributed by atoms with Crippen molar-refractivity contribution in [1.29, 1.82) is 0 Å². The lowest BCUT2D eigenvalue weighted by Crippen LogP contribution is -2.75. The molecule has 26 heavy (non-hydrogen) atoms. The third kappa shape index (κ3) is 2.21. The van der Waals surface area contributed by atoms with Crippen LogP contribution in [0.2, 0.25) is 0 Å². The standard InChI is InChI=1S/C16H18N2O7S/c1-15(2)16(13(20)21,18-11(19)8-12(18)26(15,23)24)17-14(22)25-9-10-6-4-3-5-7-10/h3-7,12H,8-9H2,1-2H3,(H,17,22)(H,20,21)/t12-,16+/m1/s1. The van der Waals surface area contributed by atoms with Crippen molar-refractivity contribution < 1.29 is 32.6 Å². The lowest BCUT2D eigenvalue weighted by Gasteiger charge is -2.44. The molecule has 0 radical (unpaired) electrons. The minimum atomic E-state index is -4.01. The van der Waals surface area contributed by atoms with Crippen molar-refractivity contribution >= 4 is 27.8 Å². The molecule has 1 aromatic rings. The van der Waals surface area contributed by atoms with Gasteiger partial charge in [0.25, 0.3) is 0 Å². The molecule has 2 fully saturated rings. The molecule has 0 spiro atoms. The van der Waals surface area contributed by atoms with Crippen molar-refractivity contribution in [3.05, 3.63) is 35.9 Å². The highest BCUT2D eigenvalue weighted by Crippen LogP contribution is 2.51. The average molecular weight is 382 g/mol. The molecule has 2 amide bonds. The average Bonchev–Trinajstić information content (AvgIpc) is 2.67. The number of carbonyl (C=O) groups excluding carboxylic acids is 2. The summed E-state index contributed by atoms with van der Waals surface area (Å²) >= 11 is 0. The third-order valence-corrected chi connectivity index (χ3v) is 7.83. The van der Waals surface area contributed by atoms with Crippen molar-refractivity contribution in [2.24, 2.45) is 0 Å². The predicted molar refractivity (Wildman–Crippen MR) is 88.4 cm³/mol. The third-order valence-electron chi connectivity index (χ3n) is 5.01. The van der Waals surface area contributed by atoms with Crippen LogP contribution >= 0.6 is 0 Å². The number of carbonyl (C=O) groups is 3. The molecule has 0 aromatic heterocycles.